The Balaban J connectivity index is 2.41. The number of carbonyl (C=O) groups excluding carboxylic acids is 1. The van der Waals surface area contributed by atoms with Gasteiger partial charge in [0.05, 0.1) is 25.4 Å². The highest BCUT2D eigenvalue weighted by Crippen LogP contribution is 2.28. The summed E-state index contributed by atoms with van der Waals surface area (Å²) in [5.74, 6) is -0.128. The SMILES string of the molecule is CCC(O)COC1OCC(O)C(O)C1CCCCCC(C)=O. The van der Waals surface area contributed by atoms with Gasteiger partial charge in [-0.25, -0.2) is 0 Å². The quantitative estimate of drug-likeness (QED) is 0.520. The summed E-state index contributed by atoms with van der Waals surface area (Å²) in [5, 5.41) is 29.5. The van der Waals surface area contributed by atoms with Crippen LogP contribution in [0.15, 0.2) is 0 Å². The van der Waals surface area contributed by atoms with Gasteiger partial charge in [0.15, 0.2) is 6.29 Å². The fourth-order valence-electron chi connectivity index (χ4n) is 2.60. The Bertz CT molecular complexity index is 322. The average Bonchev–Trinajstić information content (AvgIpc) is 2.49. The summed E-state index contributed by atoms with van der Waals surface area (Å²) < 4.78 is 11.0. The number of hydrogen-bond donors (Lipinski definition) is 3. The van der Waals surface area contributed by atoms with Crippen LogP contribution in [-0.4, -0.2) is 58.9 Å². The Morgan fingerprint density at radius 3 is 2.68 bits per heavy atom. The third-order valence-corrected chi connectivity index (χ3v) is 4.10. The summed E-state index contributed by atoms with van der Waals surface area (Å²) in [6.45, 7) is 3.64. The Hall–Kier alpha value is -0.530. The van der Waals surface area contributed by atoms with E-state index in [0.717, 1.165) is 19.3 Å². The van der Waals surface area contributed by atoms with Crippen molar-refractivity contribution >= 4 is 5.78 Å². The molecular weight excluding hydrogens is 288 g/mol. The number of aliphatic hydroxyl groups is 3. The molecule has 0 aromatic rings. The number of ether oxygens (including phenoxy) is 2. The second-order valence-electron chi connectivity index (χ2n) is 6.12. The topological polar surface area (TPSA) is 96.2 Å². The molecule has 0 aliphatic carbocycles. The number of unbranched alkanes of at least 4 members (excludes halogenated alkanes) is 2. The molecule has 0 bridgehead atoms. The molecule has 1 fully saturated rings. The van der Waals surface area contributed by atoms with E-state index < -0.39 is 24.6 Å². The molecule has 22 heavy (non-hydrogen) atoms. The normalized spacial score (nSPS) is 30.2. The van der Waals surface area contributed by atoms with Crippen LogP contribution in [0.3, 0.4) is 0 Å². The summed E-state index contributed by atoms with van der Waals surface area (Å²) in [6.07, 6.45) is 1.44. The van der Waals surface area contributed by atoms with Gasteiger partial charge in [0.1, 0.15) is 11.9 Å². The van der Waals surface area contributed by atoms with Gasteiger partial charge in [-0.05, 0) is 26.2 Å². The smallest absolute Gasteiger partial charge is 0.163 e. The lowest BCUT2D eigenvalue weighted by Crippen LogP contribution is -2.50. The molecule has 6 heteroatoms. The molecule has 1 aliphatic heterocycles. The second-order valence-corrected chi connectivity index (χ2v) is 6.12. The van der Waals surface area contributed by atoms with Gasteiger partial charge in [-0.3, -0.25) is 0 Å². The second kappa shape index (κ2) is 10.3. The maximum atomic E-state index is 10.9. The molecule has 1 aliphatic rings. The first-order valence-corrected chi connectivity index (χ1v) is 8.22. The molecule has 1 saturated heterocycles. The Kier molecular flexibility index (Phi) is 9.12. The summed E-state index contributed by atoms with van der Waals surface area (Å²) in [5.41, 5.74) is 0. The molecule has 1 rings (SSSR count). The highest BCUT2D eigenvalue weighted by Gasteiger charge is 2.39. The zero-order valence-electron chi connectivity index (χ0n) is 13.6. The first kappa shape index (κ1) is 19.5. The van der Waals surface area contributed by atoms with Crippen molar-refractivity contribution in [2.75, 3.05) is 13.2 Å². The number of ketones is 1. The van der Waals surface area contributed by atoms with E-state index >= 15 is 0 Å². The van der Waals surface area contributed by atoms with Gasteiger partial charge >= 0.3 is 0 Å². The Labute approximate surface area is 132 Å². The van der Waals surface area contributed by atoms with Crippen molar-refractivity contribution in [1.29, 1.82) is 0 Å². The van der Waals surface area contributed by atoms with Crippen LogP contribution in [0, 0.1) is 5.92 Å². The molecule has 0 saturated carbocycles. The molecule has 0 radical (unpaired) electrons. The van der Waals surface area contributed by atoms with E-state index in [1.54, 1.807) is 6.92 Å². The van der Waals surface area contributed by atoms with E-state index in [1.165, 1.54) is 0 Å². The highest BCUT2D eigenvalue weighted by atomic mass is 16.7. The summed E-state index contributed by atoms with van der Waals surface area (Å²) in [6, 6.07) is 0. The fourth-order valence-corrected chi connectivity index (χ4v) is 2.60. The van der Waals surface area contributed by atoms with Crippen molar-refractivity contribution in [2.45, 2.75) is 77.0 Å². The lowest BCUT2D eigenvalue weighted by atomic mass is 9.89. The van der Waals surface area contributed by atoms with Crippen molar-refractivity contribution in [3.05, 3.63) is 0 Å². The van der Waals surface area contributed by atoms with Crippen LogP contribution in [-0.2, 0) is 14.3 Å². The van der Waals surface area contributed by atoms with Crippen molar-refractivity contribution in [3.63, 3.8) is 0 Å². The van der Waals surface area contributed by atoms with Gasteiger partial charge in [-0.2, -0.15) is 0 Å². The molecule has 5 unspecified atom stereocenters. The number of aliphatic hydroxyl groups excluding tert-OH is 3. The first-order chi connectivity index (χ1) is 10.5. The molecule has 1 heterocycles. The standard InChI is InChI=1S/C16H30O6/c1-3-12(18)9-21-16-13(15(20)14(19)10-22-16)8-6-4-5-7-11(2)17/h12-16,18-20H,3-10H2,1-2H3. The van der Waals surface area contributed by atoms with Crippen molar-refractivity contribution in [1.82, 2.24) is 0 Å². The third kappa shape index (κ3) is 6.71. The lowest BCUT2D eigenvalue weighted by Gasteiger charge is -2.38. The van der Waals surface area contributed by atoms with E-state index in [9.17, 15) is 20.1 Å². The van der Waals surface area contributed by atoms with Gasteiger partial charge in [0.2, 0.25) is 0 Å². The van der Waals surface area contributed by atoms with E-state index in [-0.39, 0.29) is 24.9 Å². The van der Waals surface area contributed by atoms with Crippen LogP contribution >= 0.6 is 0 Å². The monoisotopic (exact) mass is 318 g/mol. The highest BCUT2D eigenvalue weighted by molar-refractivity contribution is 5.75. The van der Waals surface area contributed by atoms with Crippen LogP contribution in [0.5, 0.6) is 0 Å². The van der Waals surface area contributed by atoms with Crippen LogP contribution in [0.1, 0.15) is 52.4 Å². The van der Waals surface area contributed by atoms with Crippen molar-refractivity contribution < 1.29 is 29.6 Å². The number of rotatable bonds is 10. The minimum atomic E-state index is -0.904. The summed E-state index contributed by atoms with van der Waals surface area (Å²) in [4.78, 5) is 10.9. The molecule has 0 aromatic heterocycles. The molecule has 0 amide bonds. The van der Waals surface area contributed by atoms with E-state index in [1.807, 2.05) is 6.92 Å². The average molecular weight is 318 g/mol. The first-order valence-electron chi connectivity index (χ1n) is 8.22. The molecule has 0 aromatic carbocycles. The van der Waals surface area contributed by atoms with Crippen LogP contribution in [0.2, 0.25) is 0 Å². The molecule has 3 N–H and O–H groups in total. The number of hydrogen-bond acceptors (Lipinski definition) is 6. The maximum absolute atomic E-state index is 10.9. The molecule has 6 nitrogen and oxygen atoms in total. The fraction of sp³-hybridized carbons (Fsp3) is 0.938. The molecule has 5 atom stereocenters. The Morgan fingerprint density at radius 2 is 2.05 bits per heavy atom. The van der Waals surface area contributed by atoms with Gasteiger partial charge < -0.3 is 29.6 Å². The maximum Gasteiger partial charge on any atom is 0.163 e. The number of Topliss-reactive ketones (excluding diaryl/α,β-unsaturated/α-hetero) is 1. The van der Waals surface area contributed by atoms with E-state index in [2.05, 4.69) is 0 Å². The van der Waals surface area contributed by atoms with Gasteiger partial charge in [-0.1, -0.05) is 19.8 Å². The Morgan fingerprint density at radius 1 is 1.32 bits per heavy atom. The van der Waals surface area contributed by atoms with Crippen molar-refractivity contribution in [3.8, 4) is 0 Å². The zero-order valence-corrected chi connectivity index (χ0v) is 13.6. The summed E-state index contributed by atoms with van der Waals surface area (Å²) >= 11 is 0. The molecule has 130 valence electrons. The van der Waals surface area contributed by atoms with Crippen LogP contribution in [0.4, 0.5) is 0 Å². The van der Waals surface area contributed by atoms with Gasteiger partial charge in [-0.15, -0.1) is 0 Å². The zero-order chi connectivity index (χ0) is 16.5. The van der Waals surface area contributed by atoms with Crippen LogP contribution in [0.25, 0.3) is 0 Å². The number of carbonyl (C=O) groups is 1. The predicted octanol–water partition coefficient (Wildman–Crippen LogP) is 1.01. The van der Waals surface area contributed by atoms with Crippen molar-refractivity contribution in [2.24, 2.45) is 5.92 Å². The largest absolute Gasteiger partial charge is 0.391 e. The van der Waals surface area contributed by atoms with Crippen LogP contribution < -0.4 is 0 Å². The van der Waals surface area contributed by atoms with Gasteiger partial charge in [0.25, 0.3) is 0 Å². The third-order valence-electron chi connectivity index (χ3n) is 4.10. The summed E-state index contributed by atoms with van der Waals surface area (Å²) in [7, 11) is 0. The predicted molar refractivity (Wildman–Crippen MR) is 81.3 cm³/mol. The minimum Gasteiger partial charge on any atom is -0.391 e. The van der Waals surface area contributed by atoms with E-state index in [4.69, 9.17) is 9.47 Å². The molecular formula is C16H30O6. The molecule has 0 spiro atoms. The minimum absolute atomic E-state index is 0.0366. The van der Waals surface area contributed by atoms with E-state index in [0.29, 0.717) is 19.3 Å². The lowest BCUT2D eigenvalue weighted by molar-refractivity contribution is -0.257. The van der Waals surface area contributed by atoms with Gasteiger partial charge in [0, 0.05) is 12.3 Å².